The van der Waals surface area contributed by atoms with Crippen LogP contribution in [0, 0.1) is 0 Å². The number of carbonyl (C=O) groups is 1. The van der Waals surface area contributed by atoms with Crippen molar-refractivity contribution in [3.63, 3.8) is 0 Å². The van der Waals surface area contributed by atoms with Gasteiger partial charge in [-0.2, -0.15) is 0 Å². The van der Waals surface area contributed by atoms with E-state index in [1.807, 2.05) is 0 Å². The van der Waals surface area contributed by atoms with E-state index in [1.54, 1.807) is 39.0 Å². The molecule has 1 aliphatic rings. The minimum atomic E-state index is -0.885. The van der Waals surface area contributed by atoms with Gasteiger partial charge in [-0.15, -0.1) is 0 Å². The molecule has 18 heavy (non-hydrogen) atoms. The van der Waals surface area contributed by atoms with Crippen LogP contribution in [0.5, 0.6) is 5.75 Å². The number of aliphatic hydroxyl groups is 1. The van der Waals surface area contributed by atoms with Crippen LogP contribution in [-0.4, -0.2) is 16.2 Å². The molecular weight excluding hydrogens is 232 g/mol. The fourth-order valence-corrected chi connectivity index (χ4v) is 1.96. The Balaban J connectivity index is 2.44. The predicted octanol–water partition coefficient (Wildman–Crippen LogP) is 2.59. The molecule has 1 aromatic rings. The van der Waals surface area contributed by atoms with Gasteiger partial charge in [0.2, 0.25) is 0 Å². The third-order valence-corrected chi connectivity index (χ3v) is 3.43. The second kappa shape index (κ2) is 4.46. The average Bonchev–Trinajstić information content (AvgIpc) is 2.35. The first-order valence-electron chi connectivity index (χ1n) is 5.81. The van der Waals surface area contributed by atoms with Crippen LogP contribution in [-0.2, 0) is 4.79 Å². The first-order valence-corrected chi connectivity index (χ1v) is 5.81. The van der Waals surface area contributed by atoms with E-state index in [-0.39, 0.29) is 0 Å². The fraction of sp³-hybridized carbons (Fsp3) is 0.357. The Kier molecular flexibility index (Phi) is 3.13. The fourth-order valence-electron chi connectivity index (χ4n) is 1.96. The standard InChI is InChI=1S/C14H16O4/c1-7-9(3)18-12-5-4-10(8(2)14(16)17)6-11(12)13(7)15/h4-6,8,13,15H,1-3H3,(H,16,17). The van der Waals surface area contributed by atoms with Gasteiger partial charge in [-0.3, -0.25) is 4.79 Å². The minimum absolute atomic E-state index is 0.590. The minimum Gasteiger partial charge on any atom is -0.481 e. The summed E-state index contributed by atoms with van der Waals surface area (Å²) >= 11 is 0. The molecule has 96 valence electrons. The molecule has 2 atom stereocenters. The molecule has 0 radical (unpaired) electrons. The van der Waals surface area contributed by atoms with Gasteiger partial charge >= 0.3 is 5.97 Å². The van der Waals surface area contributed by atoms with Crippen LogP contribution >= 0.6 is 0 Å². The number of carboxylic acid groups (broad SMARTS) is 1. The molecule has 0 bridgehead atoms. The Labute approximate surface area is 106 Å². The van der Waals surface area contributed by atoms with Gasteiger partial charge in [0, 0.05) is 5.56 Å². The van der Waals surface area contributed by atoms with Crippen LogP contribution in [0.4, 0.5) is 0 Å². The third-order valence-electron chi connectivity index (χ3n) is 3.43. The Morgan fingerprint density at radius 2 is 2.06 bits per heavy atom. The maximum atomic E-state index is 11.0. The normalized spacial score (nSPS) is 20.1. The molecular formula is C14H16O4. The Hall–Kier alpha value is -1.81. The number of hydrogen-bond donors (Lipinski definition) is 2. The molecule has 2 N–H and O–H groups in total. The molecule has 0 fully saturated rings. The van der Waals surface area contributed by atoms with E-state index in [1.165, 1.54) is 0 Å². The van der Waals surface area contributed by atoms with E-state index in [4.69, 9.17) is 9.84 Å². The van der Waals surface area contributed by atoms with Gasteiger partial charge in [0.1, 0.15) is 17.6 Å². The van der Waals surface area contributed by atoms with Crippen molar-refractivity contribution in [3.8, 4) is 5.75 Å². The maximum absolute atomic E-state index is 11.0. The lowest BCUT2D eigenvalue weighted by Crippen LogP contribution is -2.14. The monoisotopic (exact) mass is 248 g/mol. The van der Waals surface area contributed by atoms with Gasteiger partial charge < -0.3 is 14.9 Å². The molecule has 0 spiro atoms. The summed E-state index contributed by atoms with van der Waals surface area (Å²) in [6.07, 6.45) is -0.727. The van der Waals surface area contributed by atoms with Gasteiger partial charge in [0.05, 0.1) is 5.92 Å². The molecule has 1 aromatic carbocycles. The molecule has 0 amide bonds. The van der Waals surface area contributed by atoms with Crippen LogP contribution in [0.3, 0.4) is 0 Å². The first kappa shape index (κ1) is 12.6. The van der Waals surface area contributed by atoms with Crippen molar-refractivity contribution in [1.29, 1.82) is 0 Å². The molecule has 4 nitrogen and oxygen atoms in total. The Morgan fingerprint density at radius 1 is 1.39 bits per heavy atom. The van der Waals surface area contributed by atoms with Crippen LogP contribution in [0.1, 0.15) is 43.9 Å². The molecule has 4 heteroatoms. The lowest BCUT2D eigenvalue weighted by atomic mass is 9.93. The number of aliphatic carboxylic acids is 1. The van der Waals surface area contributed by atoms with E-state index in [0.717, 1.165) is 5.57 Å². The predicted molar refractivity (Wildman–Crippen MR) is 66.5 cm³/mol. The number of benzene rings is 1. The highest BCUT2D eigenvalue weighted by Gasteiger charge is 2.25. The van der Waals surface area contributed by atoms with Crippen molar-refractivity contribution in [2.24, 2.45) is 0 Å². The topological polar surface area (TPSA) is 66.8 Å². The summed E-state index contributed by atoms with van der Waals surface area (Å²) in [4.78, 5) is 11.0. The van der Waals surface area contributed by atoms with Crippen LogP contribution in [0.25, 0.3) is 0 Å². The van der Waals surface area contributed by atoms with Crippen molar-refractivity contribution in [3.05, 3.63) is 40.7 Å². The number of carboxylic acids is 1. The van der Waals surface area contributed by atoms with Crippen molar-refractivity contribution < 1.29 is 19.7 Å². The smallest absolute Gasteiger partial charge is 0.310 e. The van der Waals surface area contributed by atoms with Crippen molar-refractivity contribution >= 4 is 5.97 Å². The Bertz CT molecular complexity index is 531. The number of rotatable bonds is 2. The van der Waals surface area contributed by atoms with Crippen LogP contribution in [0.15, 0.2) is 29.5 Å². The highest BCUT2D eigenvalue weighted by atomic mass is 16.5. The summed E-state index contributed by atoms with van der Waals surface area (Å²) in [6.45, 7) is 5.22. The van der Waals surface area contributed by atoms with Crippen LogP contribution < -0.4 is 4.74 Å². The van der Waals surface area contributed by atoms with Gasteiger partial charge in [0.25, 0.3) is 0 Å². The molecule has 0 aliphatic carbocycles. The number of aliphatic hydroxyl groups excluding tert-OH is 1. The Morgan fingerprint density at radius 3 is 2.67 bits per heavy atom. The average molecular weight is 248 g/mol. The summed E-state index contributed by atoms with van der Waals surface area (Å²) in [7, 11) is 0. The largest absolute Gasteiger partial charge is 0.481 e. The second-order valence-corrected chi connectivity index (χ2v) is 4.60. The van der Waals surface area contributed by atoms with E-state index < -0.39 is 18.0 Å². The molecule has 1 heterocycles. The van der Waals surface area contributed by atoms with Crippen molar-refractivity contribution in [2.45, 2.75) is 32.8 Å². The molecule has 0 aromatic heterocycles. The summed E-state index contributed by atoms with van der Waals surface area (Å²) in [5, 5.41) is 19.2. The number of ether oxygens (including phenoxy) is 1. The third kappa shape index (κ3) is 1.99. The molecule has 2 unspecified atom stereocenters. The van der Waals surface area contributed by atoms with Gasteiger partial charge in [-0.05, 0) is 44.0 Å². The van der Waals surface area contributed by atoms with E-state index >= 15 is 0 Å². The molecule has 1 aliphatic heterocycles. The lowest BCUT2D eigenvalue weighted by Gasteiger charge is -2.25. The van der Waals surface area contributed by atoms with E-state index in [9.17, 15) is 9.90 Å². The quantitative estimate of drug-likeness (QED) is 0.844. The van der Waals surface area contributed by atoms with Gasteiger partial charge in [0.15, 0.2) is 0 Å². The highest BCUT2D eigenvalue weighted by Crippen LogP contribution is 2.38. The first-order chi connectivity index (χ1) is 8.41. The number of allylic oxidation sites excluding steroid dienone is 1. The van der Waals surface area contributed by atoms with Crippen LogP contribution in [0.2, 0.25) is 0 Å². The van der Waals surface area contributed by atoms with Crippen molar-refractivity contribution in [1.82, 2.24) is 0 Å². The molecule has 0 saturated carbocycles. The molecule has 0 saturated heterocycles. The highest BCUT2D eigenvalue weighted by molar-refractivity contribution is 5.75. The SMILES string of the molecule is CC1=C(C)C(O)c2cc(C(C)C(=O)O)ccc2O1. The number of fused-ring (bicyclic) bond motifs is 1. The summed E-state index contributed by atoms with van der Waals surface area (Å²) in [6, 6.07) is 5.14. The zero-order chi connectivity index (χ0) is 13.4. The summed E-state index contributed by atoms with van der Waals surface area (Å²) < 4.78 is 5.58. The van der Waals surface area contributed by atoms with Gasteiger partial charge in [-0.25, -0.2) is 0 Å². The lowest BCUT2D eigenvalue weighted by molar-refractivity contribution is -0.138. The maximum Gasteiger partial charge on any atom is 0.310 e. The van der Waals surface area contributed by atoms with E-state index in [2.05, 4.69) is 0 Å². The zero-order valence-electron chi connectivity index (χ0n) is 10.6. The second-order valence-electron chi connectivity index (χ2n) is 4.60. The van der Waals surface area contributed by atoms with Gasteiger partial charge in [-0.1, -0.05) is 6.07 Å². The number of hydrogen-bond acceptors (Lipinski definition) is 3. The van der Waals surface area contributed by atoms with Crippen molar-refractivity contribution in [2.75, 3.05) is 0 Å². The molecule has 2 rings (SSSR count). The summed E-state index contributed by atoms with van der Waals surface area (Å²) in [5.74, 6) is -0.208. The zero-order valence-corrected chi connectivity index (χ0v) is 10.6. The van der Waals surface area contributed by atoms with E-state index in [0.29, 0.717) is 22.6 Å². The summed E-state index contributed by atoms with van der Waals surface area (Å²) in [5.41, 5.74) is 2.04.